The zero-order valence-corrected chi connectivity index (χ0v) is 30.6. The van der Waals surface area contributed by atoms with Crippen LogP contribution < -0.4 is 21.1 Å². The van der Waals surface area contributed by atoms with Crippen molar-refractivity contribution in [1.82, 2.24) is 15.6 Å². The van der Waals surface area contributed by atoms with Gasteiger partial charge in [0.15, 0.2) is 11.5 Å². The molecule has 11 nitrogen and oxygen atoms in total. The van der Waals surface area contributed by atoms with Crippen LogP contribution in [0, 0.1) is 35.5 Å². The van der Waals surface area contributed by atoms with Gasteiger partial charge in [-0.3, -0.25) is 0 Å². The van der Waals surface area contributed by atoms with Crippen molar-refractivity contribution < 1.29 is 35.4 Å². The molecule has 0 unspecified atom stereocenters. The number of aryl methyl sites for hydroxylation is 1. The molecule has 11 N–H and O–H groups in total. The number of phenolic OH excluding ortho intramolecular Hbond substituents is 1. The second kappa shape index (κ2) is 19.0. The summed E-state index contributed by atoms with van der Waals surface area (Å²) in [6, 6.07) is 9.17. The Labute approximate surface area is 308 Å². The van der Waals surface area contributed by atoms with Gasteiger partial charge in [0.2, 0.25) is 0 Å². The van der Waals surface area contributed by atoms with Gasteiger partial charge in [-0.1, -0.05) is 25.0 Å². The maximum absolute atomic E-state index is 11.4. The lowest BCUT2D eigenvalue weighted by Crippen LogP contribution is -2.52. The van der Waals surface area contributed by atoms with Gasteiger partial charge in [-0.25, -0.2) is 0 Å². The van der Waals surface area contributed by atoms with E-state index in [-0.39, 0.29) is 35.3 Å². The SMILES string of the molecule is CC[C@H]1C#CC[C@H]([C@H](O)CCc2ccc(O)c(O[C@@H]3[C@H](O)[C@@H](O)CC[C@H]3[C@H](Cc3ccc[nH]3)C3=CCNC(N)=C3)c2)[C@@H](O)CC[C@H](NC[C@H](C)O)C1. The van der Waals surface area contributed by atoms with E-state index in [0.717, 1.165) is 36.1 Å². The van der Waals surface area contributed by atoms with Crippen LogP contribution in [0.1, 0.15) is 76.5 Å². The van der Waals surface area contributed by atoms with Crippen LogP contribution in [0.3, 0.4) is 0 Å². The van der Waals surface area contributed by atoms with Gasteiger partial charge in [-0.05, 0) is 112 Å². The fourth-order valence-electron chi connectivity index (χ4n) is 8.07. The molecule has 2 aliphatic carbocycles. The third kappa shape index (κ3) is 10.8. The summed E-state index contributed by atoms with van der Waals surface area (Å²) < 4.78 is 6.49. The number of rotatable bonds is 14. The van der Waals surface area contributed by atoms with Gasteiger partial charge in [0, 0.05) is 55.2 Å². The van der Waals surface area contributed by atoms with Gasteiger partial charge >= 0.3 is 0 Å². The number of phenols is 1. The highest BCUT2D eigenvalue weighted by atomic mass is 16.5. The Bertz CT molecular complexity index is 1530. The maximum Gasteiger partial charge on any atom is 0.161 e. The molecule has 0 bridgehead atoms. The van der Waals surface area contributed by atoms with E-state index in [0.29, 0.717) is 63.9 Å². The number of dihydropyridines is 1. The smallest absolute Gasteiger partial charge is 0.161 e. The summed E-state index contributed by atoms with van der Waals surface area (Å²) >= 11 is 0. The standard InChI is InChI=1S/C41H60N4O7/c1-3-26-6-4-8-32(35(48)15-11-30(20-26)45-24-25(2)46)34(47)13-9-27-10-14-36(49)38(21-27)52-41-31(12-16-37(50)40(41)51)33(23-29-7-5-18-43-29)28-17-19-44-39(42)22-28/h5,7,10,14,17-18,21-22,25-26,30-35,37,40-41,43-51H,3,8-9,11-13,15-16,19-20,23-24,42H2,1-2H3/t25-,26-,30-,31-,32+,33+,34+,35-,37-,40+,41-/m0/s1. The Morgan fingerprint density at radius 3 is 2.60 bits per heavy atom. The first-order valence-electron chi connectivity index (χ1n) is 19.2. The zero-order valence-electron chi connectivity index (χ0n) is 30.6. The number of hydrogen-bond acceptors (Lipinski definition) is 10. The number of aromatic nitrogens is 1. The Hall–Kier alpha value is -3.50. The summed E-state index contributed by atoms with van der Waals surface area (Å²) in [4.78, 5) is 3.29. The second-order valence-electron chi connectivity index (χ2n) is 15.1. The van der Waals surface area contributed by atoms with Crippen LogP contribution in [0.2, 0.25) is 0 Å². The molecule has 1 saturated carbocycles. The molecule has 11 atom stereocenters. The molecular weight excluding hydrogens is 660 g/mol. The first kappa shape index (κ1) is 39.7. The van der Waals surface area contributed by atoms with Crippen molar-refractivity contribution in [1.29, 1.82) is 0 Å². The molecule has 0 spiro atoms. The van der Waals surface area contributed by atoms with Crippen molar-refractivity contribution in [3.05, 3.63) is 71.3 Å². The Morgan fingerprint density at radius 1 is 1.06 bits per heavy atom. The second-order valence-corrected chi connectivity index (χ2v) is 15.1. The van der Waals surface area contributed by atoms with Gasteiger partial charge in [0.05, 0.1) is 30.2 Å². The van der Waals surface area contributed by atoms with Crippen molar-refractivity contribution in [3.8, 4) is 23.3 Å². The molecule has 1 aliphatic heterocycles. The molecule has 0 amide bonds. The molecule has 2 aromatic rings. The Kier molecular flexibility index (Phi) is 14.5. The number of ether oxygens (including phenoxy) is 1. The molecule has 52 heavy (non-hydrogen) atoms. The van der Waals surface area contributed by atoms with E-state index in [4.69, 9.17) is 10.5 Å². The van der Waals surface area contributed by atoms with Crippen LogP contribution in [-0.4, -0.2) is 91.4 Å². The number of nitrogens with two attached hydrogens (primary N) is 1. The average molecular weight is 721 g/mol. The molecule has 11 heteroatoms. The number of aromatic amines is 1. The molecule has 3 aliphatic rings. The predicted molar refractivity (Wildman–Crippen MR) is 201 cm³/mol. The van der Waals surface area contributed by atoms with Gasteiger partial charge < -0.3 is 56.7 Å². The molecule has 286 valence electrons. The van der Waals surface area contributed by atoms with E-state index >= 15 is 0 Å². The third-order valence-electron chi connectivity index (χ3n) is 11.2. The summed E-state index contributed by atoms with van der Waals surface area (Å²) in [6.07, 6.45) is 6.83. The number of nitrogens with one attached hydrogen (secondary N) is 3. The summed E-state index contributed by atoms with van der Waals surface area (Å²) in [5.74, 6) is 6.81. The Balaban J connectivity index is 1.30. The molecular formula is C41H60N4O7. The number of H-pyrrole nitrogens is 1. The van der Waals surface area contributed by atoms with Crippen LogP contribution in [-0.2, 0) is 12.8 Å². The number of aliphatic hydroxyl groups excluding tert-OH is 5. The number of benzene rings is 1. The lowest BCUT2D eigenvalue weighted by molar-refractivity contribution is -0.108. The van der Waals surface area contributed by atoms with Crippen molar-refractivity contribution in [3.63, 3.8) is 0 Å². The van der Waals surface area contributed by atoms with Gasteiger partial charge in [-0.15, -0.1) is 5.92 Å². The van der Waals surface area contributed by atoms with Crippen molar-refractivity contribution >= 4 is 0 Å². The van der Waals surface area contributed by atoms with Crippen molar-refractivity contribution in [2.45, 2.75) is 121 Å². The van der Waals surface area contributed by atoms with Crippen LogP contribution in [0.15, 0.2) is 60.1 Å². The summed E-state index contributed by atoms with van der Waals surface area (Å²) in [5.41, 5.74) is 9.06. The van der Waals surface area contributed by atoms with E-state index in [2.05, 4.69) is 40.5 Å². The summed E-state index contributed by atoms with van der Waals surface area (Å²) in [5, 5.41) is 72.1. The zero-order chi connectivity index (χ0) is 37.2. The number of aliphatic hydroxyl groups is 5. The fraction of sp³-hybridized carbons (Fsp3) is 0.610. The van der Waals surface area contributed by atoms with Crippen LogP contribution in [0.4, 0.5) is 0 Å². The van der Waals surface area contributed by atoms with Crippen molar-refractivity contribution in [2.75, 3.05) is 13.1 Å². The topological polar surface area (TPSA) is 196 Å². The first-order chi connectivity index (χ1) is 25.0. The van der Waals surface area contributed by atoms with E-state index < -0.39 is 42.5 Å². The summed E-state index contributed by atoms with van der Waals surface area (Å²) in [7, 11) is 0. The third-order valence-corrected chi connectivity index (χ3v) is 11.2. The molecule has 1 fully saturated rings. The number of allylic oxidation sites excluding steroid dienone is 2. The lowest BCUT2D eigenvalue weighted by atomic mass is 9.70. The largest absolute Gasteiger partial charge is 0.504 e. The van der Waals surface area contributed by atoms with Crippen LogP contribution in [0.5, 0.6) is 11.5 Å². The van der Waals surface area contributed by atoms with Crippen LogP contribution >= 0.6 is 0 Å². The van der Waals surface area contributed by atoms with Gasteiger partial charge in [-0.2, -0.15) is 0 Å². The molecule has 1 aromatic carbocycles. The molecule has 2 heterocycles. The number of aromatic hydroxyl groups is 1. The highest BCUT2D eigenvalue weighted by Crippen LogP contribution is 2.41. The minimum absolute atomic E-state index is 0.0799. The maximum atomic E-state index is 11.4. The van der Waals surface area contributed by atoms with Crippen molar-refractivity contribution in [2.24, 2.45) is 29.4 Å². The number of hydrogen-bond donors (Lipinski definition) is 10. The lowest BCUT2D eigenvalue weighted by Gasteiger charge is -2.42. The van der Waals surface area contributed by atoms with E-state index in [1.165, 1.54) is 0 Å². The van der Waals surface area contributed by atoms with Gasteiger partial charge in [0.1, 0.15) is 12.2 Å². The van der Waals surface area contributed by atoms with Gasteiger partial charge in [0.25, 0.3) is 0 Å². The highest BCUT2D eigenvalue weighted by Gasteiger charge is 2.44. The molecule has 0 saturated heterocycles. The molecule has 1 aromatic heterocycles. The minimum atomic E-state index is -1.18. The first-order valence-corrected chi connectivity index (χ1v) is 19.2. The highest BCUT2D eigenvalue weighted by molar-refractivity contribution is 5.42. The Morgan fingerprint density at radius 2 is 1.87 bits per heavy atom. The average Bonchev–Trinajstić information content (AvgIpc) is 3.65. The monoisotopic (exact) mass is 720 g/mol. The van der Waals surface area contributed by atoms with E-state index in [9.17, 15) is 30.6 Å². The quantitative estimate of drug-likeness (QED) is 0.130. The normalized spacial score (nSPS) is 30.1. The van der Waals surface area contributed by atoms with E-state index in [1.54, 1.807) is 25.1 Å². The molecule has 5 rings (SSSR count). The summed E-state index contributed by atoms with van der Waals surface area (Å²) in [6.45, 7) is 4.93. The predicted octanol–water partition coefficient (Wildman–Crippen LogP) is 3.00. The van der Waals surface area contributed by atoms with E-state index in [1.807, 2.05) is 24.4 Å². The minimum Gasteiger partial charge on any atom is -0.504 e. The fourth-order valence-corrected chi connectivity index (χ4v) is 8.07. The van der Waals surface area contributed by atoms with Crippen LogP contribution in [0.25, 0.3) is 0 Å². The molecule has 0 radical (unpaired) electrons.